The van der Waals surface area contributed by atoms with Gasteiger partial charge in [-0.15, -0.1) is 5.48 Å². The summed E-state index contributed by atoms with van der Waals surface area (Å²) in [5.74, 6) is 1.77. The van der Waals surface area contributed by atoms with Gasteiger partial charge in [-0.25, -0.2) is 0 Å². The van der Waals surface area contributed by atoms with E-state index >= 15 is 0 Å². The molecule has 122 valence electrons. The number of hydrogen-bond acceptors (Lipinski definition) is 4. The van der Waals surface area contributed by atoms with Gasteiger partial charge < -0.3 is 19.3 Å². The third kappa shape index (κ3) is 3.66. The lowest BCUT2D eigenvalue weighted by Gasteiger charge is -2.19. The van der Waals surface area contributed by atoms with Gasteiger partial charge in [0.05, 0.1) is 26.6 Å². The molecular formula is C18H20O4P-. The van der Waals surface area contributed by atoms with E-state index in [2.05, 4.69) is 0 Å². The number of aryl methyl sites for hydroxylation is 2. The maximum Gasteiger partial charge on any atom is 0.138 e. The molecule has 0 spiro atoms. The fraction of sp³-hybridized carbons (Fsp3) is 0.278. The Hall–Kier alpha value is -2.03. The maximum atomic E-state index is 12.8. The van der Waals surface area contributed by atoms with Crippen molar-refractivity contribution < 1.29 is 19.3 Å². The van der Waals surface area contributed by atoms with Crippen LogP contribution in [0.5, 0.6) is 17.2 Å². The Bertz CT molecular complexity index is 693. The van der Waals surface area contributed by atoms with E-state index in [0.29, 0.717) is 30.8 Å². The van der Waals surface area contributed by atoms with Crippen LogP contribution < -0.4 is 24.6 Å². The van der Waals surface area contributed by atoms with Gasteiger partial charge in [0.1, 0.15) is 17.2 Å². The van der Waals surface area contributed by atoms with E-state index in [9.17, 15) is 5.11 Å². The lowest BCUT2D eigenvalue weighted by atomic mass is 10.0. The molecule has 23 heavy (non-hydrogen) atoms. The average molecular weight is 331 g/mol. The zero-order valence-electron chi connectivity index (χ0n) is 14.0. The van der Waals surface area contributed by atoms with Crippen LogP contribution in [0.4, 0.5) is 0 Å². The molecule has 0 fully saturated rings. The molecule has 0 saturated heterocycles. The minimum absolute atomic E-state index is 0.0161. The topological polar surface area (TPSA) is 50.8 Å². The molecular weight excluding hydrogens is 311 g/mol. The second kappa shape index (κ2) is 7.49. The third-order valence-electron chi connectivity index (χ3n) is 3.60. The summed E-state index contributed by atoms with van der Waals surface area (Å²) in [7, 11) is 5.22. The van der Waals surface area contributed by atoms with Crippen LogP contribution in [0.1, 0.15) is 16.7 Å². The molecule has 2 aromatic carbocycles. The summed E-state index contributed by atoms with van der Waals surface area (Å²) < 4.78 is 16.1. The highest BCUT2D eigenvalue weighted by molar-refractivity contribution is 7.49. The smallest absolute Gasteiger partial charge is 0.138 e. The molecule has 2 rings (SSSR count). The van der Waals surface area contributed by atoms with Gasteiger partial charge in [0.2, 0.25) is 0 Å². The van der Waals surface area contributed by atoms with E-state index in [4.69, 9.17) is 14.2 Å². The molecule has 0 amide bonds. The Kier molecular flexibility index (Phi) is 5.64. The van der Waals surface area contributed by atoms with Crippen molar-refractivity contribution in [2.75, 3.05) is 21.3 Å². The van der Waals surface area contributed by atoms with Gasteiger partial charge in [0.15, 0.2) is 0 Å². The summed E-state index contributed by atoms with van der Waals surface area (Å²) in [5.41, 5.74) is 2.69. The van der Waals surface area contributed by atoms with Gasteiger partial charge in [-0.05, 0) is 30.5 Å². The van der Waals surface area contributed by atoms with Crippen LogP contribution in [-0.4, -0.2) is 26.8 Å². The molecule has 0 atom stereocenters. The molecule has 0 saturated carbocycles. The summed E-state index contributed by atoms with van der Waals surface area (Å²) in [6, 6.07) is 9.34. The minimum atomic E-state index is 0.0161. The van der Waals surface area contributed by atoms with E-state index in [-0.39, 0.29) is 5.48 Å². The zero-order valence-corrected chi connectivity index (χ0v) is 14.9. The van der Waals surface area contributed by atoms with E-state index in [1.807, 2.05) is 32.0 Å². The van der Waals surface area contributed by atoms with E-state index in [0.717, 1.165) is 16.7 Å². The van der Waals surface area contributed by atoms with Crippen LogP contribution in [0.15, 0.2) is 30.3 Å². The second-order valence-corrected chi connectivity index (χ2v) is 6.14. The first-order valence-electron chi connectivity index (χ1n) is 7.14. The first-order chi connectivity index (χ1) is 11.0. The molecule has 5 heteroatoms. The Morgan fingerprint density at radius 2 is 1.43 bits per heavy atom. The molecule has 0 N–H and O–H groups in total. The van der Waals surface area contributed by atoms with Crippen molar-refractivity contribution in [3.05, 3.63) is 47.0 Å². The summed E-state index contributed by atoms with van der Waals surface area (Å²) in [5, 5.41) is 13.5. The largest absolute Gasteiger partial charge is 0.823 e. The van der Waals surface area contributed by atoms with Gasteiger partial charge >= 0.3 is 0 Å². The highest BCUT2D eigenvalue weighted by Gasteiger charge is 2.12. The van der Waals surface area contributed by atoms with Crippen LogP contribution in [0.3, 0.4) is 0 Å². The highest BCUT2D eigenvalue weighted by Crippen LogP contribution is 2.30. The molecule has 0 bridgehead atoms. The number of ether oxygens (including phenoxy) is 3. The predicted molar refractivity (Wildman–Crippen MR) is 92.7 cm³/mol. The molecule has 0 radical (unpaired) electrons. The van der Waals surface area contributed by atoms with Crippen molar-refractivity contribution in [2.45, 2.75) is 13.8 Å². The molecule has 0 aliphatic rings. The summed E-state index contributed by atoms with van der Waals surface area (Å²) in [6.45, 7) is 3.89. The van der Waals surface area contributed by atoms with Crippen molar-refractivity contribution in [1.29, 1.82) is 0 Å². The van der Waals surface area contributed by atoms with E-state index in [1.54, 1.807) is 33.5 Å². The standard InChI is InChI=1S/C18H21O4P/c1-11-7-6-8-12(2)16(11)18(19)23-17-14(21-4)9-13(20-3)10-15(17)22-5/h6-10,19H,1-5H3/p-1. The first kappa shape index (κ1) is 17.3. The van der Waals surface area contributed by atoms with Gasteiger partial charge in [-0.3, -0.25) is 0 Å². The monoisotopic (exact) mass is 331 g/mol. The molecule has 2 aromatic rings. The summed E-state index contributed by atoms with van der Waals surface area (Å²) >= 11 is 0. The predicted octanol–water partition coefficient (Wildman–Crippen LogP) is 2.44. The van der Waals surface area contributed by atoms with Crippen LogP contribution in [0, 0.1) is 13.8 Å². The minimum Gasteiger partial charge on any atom is -0.823 e. The Labute approximate surface area is 138 Å². The summed E-state index contributed by atoms with van der Waals surface area (Å²) in [6.07, 6.45) is 0. The Morgan fingerprint density at radius 1 is 0.913 bits per heavy atom. The van der Waals surface area contributed by atoms with Crippen LogP contribution in [0.25, 0.3) is 0 Å². The number of hydrogen-bond donors (Lipinski definition) is 0. The maximum absolute atomic E-state index is 12.8. The first-order valence-corrected chi connectivity index (χ1v) is 8.03. The van der Waals surface area contributed by atoms with Gasteiger partial charge in [0, 0.05) is 12.1 Å². The molecule has 0 heterocycles. The normalized spacial score (nSPS) is 11.3. The highest BCUT2D eigenvalue weighted by atomic mass is 31.1. The number of benzene rings is 2. The van der Waals surface area contributed by atoms with Crippen molar-refractivity contribution in [1.82, 2.24) is 0 Å². The van der Waals surface area contributed by atoms with Crippen LogP contribution >= 0.6 is 8.20 Å². The fourth-order valence-corrected chi connectivity index (χ4v) is 3.61. The van der Waals surface area contributed by atoms with Crippen molar-refractivity contribution >= 4 is 19.0 Å². The van der Waals surface area contributed by atoms with Gasteiger partial charge in [-0.2, -0.15) is 0 Å². The molecule has 0 unspecified atom stereocenters. The zero-order chi connectivity index (χ0) is 17.0. The van der Waals surface area contributed by atoms with Gasteiger partial charge in [-0.1, -0.05) is 26.4 Å². The Morgan fingerprint density at radius 3 is 1.87 bits per heavy atom. The summed E-state index contributed by atoms with van der Waals surface area (Å²) in [4.78, 5) is 0. The lowest BCUT2D eigenvalue weighted by Crippen LogP contribution is -2.21. The molecule has 0 aliphatic heterocycles. The quantitative estimate of drug-likeness (QED) is 0.790. The lowest BCUT2D eigenvalue weighted by molar-refractivity contribution is -0.207. The van der Waals surface area contributed by atoms with Crippen molar-refractivity contribution in [3.8, 4) is 17.2 Å². The Balaban J connectivity index is 2.62. The molecule has 0 aliphatic carbocycles. The fourth-order valence-electron chi connectivity index (χ4n) is 2.41. The average Bonchev–Trinajstić information content (AvgIpc) is 2.54. The number of methoxy groups -OCH3 is 3. The van der Waals surface area contributed by atoms with Crippen molar-refractivity contribution in [3.63, 3.8) is 0 Å². The number of rotatable bonds is 5. The third-order valence-corrected chi connectivity index (χ3v) is 4.69. The van der Waals surface area contributed by atoms with Crippen LogP contribution in [-0.2, 0) is 0 Å². The second-order valence-electron chi connectivity index (χ2n) is 5.06. The van der Waals surface area contributed by atoms with Crippen LogP contribution in [0.2, 0.25) is 0 Å². The SMILES string of the molecule is COc1cc(OC)c(P=C([O-])c2c(C)cccc2C)c(OC)c1. The van der Waals surface area contributed by atoms with E-state index < -0.39 is 0 Å². The van der Waals surface area contributed by atoms with Crippen molar-refractivity contribution in [2.24, 2.45) is 0 Å². The van der Waals surface area contributed by atoms with Gasteiger partial charge in [0.25, 0.3) is 0 Å². The molecule has 4 nitrogen and oxygen atoms in total. The molecule has 0 aromatic heterocycles. The van der Waals surface area contributed by atoms with E-state index in [1.165, 1.54) is 0 Å².